The summed E-state index contributed by atoms with van der Waals surface area (Å²) in [7, 11) is 0. The van der Waals surface area contributed by atoms with E-state index in [2.05, 4.69) is 17.0 Å². The maximum Gasteiger partial charge on any atom is 0.298 e. The monoisotopic (exact) mass is 367 g/mol. The fourth-order valence-corrected chi connectivity index (χ4v) is 3.23. The molecule has 0 radical (unpaired) electrons. The normalized spacial score (nSPS) is 19.7. The molecule has 0 amide bonds. The first-order valence-corrected chi connectivity index (χ1v) is 8.72. The first-order chi connectivity index (χ1) is 11.6. The van der Waals surface area contributed by atoms with Crippen LogP contribution < -0.4 is 0 Å². The van der Waals surface area contributed by atoms with Gasteiger partial charge < -0.3 is 9.47 Å². The Bertz CT molecular complexity index is 719. The van der Waals surface area contributed by atoms with Crippen LogP contribution in [-0.2, 0) is 21.8 Å². The lowest BCUT2D eigenvalue weighted by Crippen LogP contribution is -2.34. The zero-order valence-electron chi connectivity index (χ0n) is 13.4. The summed E-state index contributed by atoms with van der Waals surface area (Å²) in [4.78, 5) is 3.97. The van der Waals surface area contributed by atoms with Crippen molar-refractivity contribution < 1.29 is 9.47 Å². The van der Waals surface area contributed by atoms with Gasteiger partial charge in [-0.15, -0.1) is 0 Å². The Kier molecular flexibility index (Phi) is 5.31. The molecule has 0 N–H and O–H groups in total. The third-order valence-corrected chi connectivity index (χ3v) is 4.43. The van der Waals surface area contributed by atoms with Gasteiger partial charge in [-0.25, -0.2) is 9.67 Å². The molecule has 0 saturated carbocycles. The molecule has 5 nitrogen and oxygen atoms in total. The molecular formula is C17H19Cl2N3O2. The number of nitrogens with zero attached hydrogens (tertiary/aromatic N) is 3. The van der Waals surface area contributed by atoms with Gasteiger partial charge >= 0.3 is 0 Å². The van der Waals surface area contributed by atoms with Gasteiger partial charge in [-0.05, 0) is 24.6 Å². The minimum atomic E-state index is -1.06. The summed E-state index contributed by atoms with van der Waals surface area (Å²) in [6.07, 6.45) is 8.96. The van der Waals surface area contributed by atoms with Crippen molar-refractivity contribution >= 4 is 23.2 Å². The molecule has 1 unspecified atom stereocenters. The molecule has 1 aromatic carbocycles. The van der Waals surface area contributed by atoms with Gasteiger partial charge in [0.1, 0.15) is 31.2 Å². The largest absolute Gasteiger partial charge is 0.451 e. The highest BCUT2D eigenvalue weighted by Crippen LogP contribution is 2.42. The SMILES string of the molecule is CCCCCC1=COC(Cn2cncn2)(c2ccc(Cl)cc2Cl)O1. The standard InChI is InChI=1S/C17H19Cl2N3O2/c1-2-3-4-5-14-9-23-17(24-14,10-22-12-20-11-21-22)15-7-6-13(18)8-16(15)19/h6-9,11-12H,2-5,10H2,1H3. The van der Waals surface area contributed by atoms with E-state index in [0.717, 1.165) is 31.4 Å². The minimum Gasteiger partial charge on any atom is -0.451 e. The summed E-state index contributed by atoms with van der Waals surface area (Å²) >= 11 is 12.4. The summed E-state index contributed by atoms with van der Waals surface area (Å²) in [6, 6.07) is 5.28. The van der Waals surface area contributed by atoms with Crippen molar-refractivity contribution in [2.75, 3.05) is 0 Å². The minimum absolute atomic E-state index is 0.335. The number of hydrogen-bond acceptors (Lipinski definition) is 4. The third kappa shape index (κ3) is 3.68. The highest BCUT2D eigenvalue weighted by molar-refractivity contribution is 6.35. The average Bonchev–Trinajstić information content (AvgIpc) is 3.19. The summed E-state index contributed by atoms with van der Waals surface area (Å²) in [5.74, 6) is -0.244. The summed E-state index contributed by atoms with van der Waals surface area (Å²) in [5, 5.41) is 5.21. The van der Waals surface area contributed by atoms with Crippen molar-refractivity contribution in [2.24, 2.45) is 0 Å². The molecule has 0 fully saturated rings. The number of unbranched alkanes of at least 4 members (excludes halogenated alkanes) is 2. The molecule has 7 heteroatoms. The van der Waals surface area contributed by atoms with Gasteiger partial charge in [0.25, 0.3) is 5.79 Å². The van der Waals surface area contributed by atoms with E-state index in [1.165, 1.54) is 6.33 Å². The number of benzene rings is 1. The molecular weight excluding hydrogens is 349 g/mol. The van der Waals surface area contributed by atoms with Crippen LogP contribution in [0.2, 0.25) is 10.0 Å². The van der Waals surface area contributed by atoms with Crippen LogP contribution in [0.4, 0.5) is 0 Å². The lowest BCUT2D eigenvalue weighted by atomic mass is 10.1. The Morgan fingerprint density at radius 2 is 2.12 bits per heavy atom. The maximum absolute atomic E-state index is 6.40. The van der Waals surface area contributed by atoms with Crippen molar-refractivity contribution in [3.05, 3.63) is 58.5 Å². The molecule has 2 heterocycles. The van der Waals surface area contributed by atoms with E-state index in [-0.39, 0.29) is 0 Å². The number of allylic oxidation sites excluding steroid dienone is 1. The fraction of sp³-hybridized carbons (Fsp3) is 0.412. The van der Waals surface area contributed by atoms with Gasteiger partial charge in [-0.2, -0.15) is 5.10 Å². The second kappa shape index (κ2) is 7.45. The van der Waals surface area contributed by atoms with E-state index in [1.54, 1.807) is 29.4 Å². The van der Waals surface area contributed by atoms with E-state index in [0.29, 0.717) is 22.2 Å². The Morgan fingerprint density at radius 3 is 2.83 bits per heavy atom. The Hall–Kier alpha value is -1.72. The van der Waals surface area contributed by atoms with Crippen LogP contribution in [0.25, 0.3) is 0 Å². The van der Waals surface area contributed by atoms with E-state index < -0.39 is 5.79 Å². The molecule has 1 aromatic heterocycles. The van der Waals surface area contributed by atoms with Crippen molar-refractivity contribution in [2.45, 2.75) is 44.9 Å². The Morgan fingerprint density at radius 1 is 1.25 bits per heavy atom. The number of halogens is 2. The van der Waals surface area contributed by atoms with Gasteiger partial charge in [0.15, 0.2) is 0 Å². The summed E-state index contributed by atoms with van der Waals surface area (Å²) < 4.78 is 13.8. The van der Waals surface area contributed by atoms with Crippen molar-refractivity contribution in [3.8, 4) is 0 Å². The quantitative estimate of drug-likeness (QED) is 0.652. The molecule has 24 heavy (non-hydrogen) atoms. The second-order valence-corrected chi connectivity index (χ2v) is 6.57. The molecule has 2 aromatic rings. The van der Waals surface area contributed by atoms with Crippen molar-refractivity contribution in [3.63, 3.8) is 0 Å². The zero-order chi connectivity index (χ0) is 17.0. The van der Waals surface area contributed by atoms with E-state index in [4.69, 9.17) is 32.7 Å². The summed E-state index contributed by atoms with van der Waals surface area (Å²) in [5.41, 5.74) is 0.714. The van der Waals surface area contributed by atoms with Gasteiger partial charge in [0, 0.05) is 11.4 Å². The molecule has 128 valence electrons. The number of rotatable bonds is 7. The smallest absolute Gasteiger partial charge is 0.298 e. The predicted octanol–water partition coefficient (Wildman–Crippen LogP) is 4.91. The first-order valence-electron chi connectivity index (χ1n) is 7.97. The second-order valence-electron chi connectivity index (χ2n) is 5.73. The van der Waals surface area contributed by atoms with E-state index >= 15 is 0 Å². The Balaban J connectivity index is 1.86. The molecule has 0 bridgehead atoms. The van der Waals surface area contributed by atoms with Crippen LogP contribution in [0.3, 0.4) is 0 Å². The lowest BCUT2D eigenvalue weighted by Gasteiger charge is -2.29. The van der Waals surface area contributed by atoms with Crippen LogP contribution in [-0.4, -0.2) is 14.8 Å². The molecule has 0 aliphatic carbocycles. The van der Waals surface area contributed by atoms with Crippen LogP contribution in [0.15, 0.2) is 42.9 Å². The van der Waals surface area contributed by atoms with Gasteiger partial charge in [0.2, 0.25) is 0 Å². The molecule has 0 saturated heterocycles. The summed E-state index contributed by atoms with van der Waals surface area (Å²) in [6.45, 7) is 2.50. The molecule has 0 spiro atoms. The maximum atomic E-state index is 6.40. The van der Waals surface area contributed by atoms with E-state index in [1.807, 2.05) is 6.07 Å². The molecule has 1 aliphatic rings. The third-order valence-electron chi connectivity index (χ3n) is 3.88. The number of hydrogen-bond donors (Lipinski definition) is 0. The first kappa shape index (κ1) is 17.1. The van der Waals surface area contributed by atoms with Gasteiger partial charge in [-0.1, -0.05) is 43.0 Å². The highest BCUT2D eigenvalue weighted by Gasteiger charge is 2.43. The van der Waals surface area contributed by atoms with Crippen LogP contribution in [0, 0.1) is 0 Å². The number of ether oxygens (including phenoxy) is 2. The zero-order valence-corrected chi connectivity index (χ0v) is 14.9. The van der Waals surface area contributed by atoms with Gasteiger partial charge in [-0.3, -0.25) is 0 Å². The van der Waals surface area contributed by atoms with Crippen LogP contribution >= 0.6 is 23.2 Å². The highest BCUT2D eigenvalue weighted by atomic mass is 35.5. The average molecular weight is 368 g/mol. The van der Waals surface area contributed by atoms with Gasteiger partial charge in [0.05, 0.1) is 10.6 Å². The van der Waals surface area contributed by atoms with Crippen LogP contribution in [0.1, 0.15) is 38.2 Å². The van der Waals surface area contributed by atoms with Crippen molar-refractivity contribution in [1.29, 1.82) is 0 Å². The molecule has 1 atom stereocenters. The van der Waals surface area contributed by atoms with E-state index in [9.17, 15) is 0 Å². The van der Waals surface area contributed by atoms with Crippen LogP contribution in [0.5, 0.6) is 0 Å². The lowest BCUT2D eigenvalue weighted by molar-refractivity contribution is -0.170. The topological polar surface area (TPSA) is 49.2 Å². The fourth-order valence-electron chi connectivity index (χ4n) is 2.68. The molecule has 1 aliphatic heterocycles. The predicted molar refractivity (Wildman–Crippen MR) is 92.6 cm³/mol. The van der Waals surface area contributed by atoms with Crippen molar-refractivity contribution in [1.82, 2.24) is 14.8 Å². The number of aromatic nitrogens is 3. The molecule has 3 rings (SSSR count). The Labute approximate surface area is 151 Å².